The molecule has 0 radical (unpaired) electrons. The third-order valence-electron chi connectivity index (χ3n) is 3.17. The van der Waals surface area contributed by atoms with Crippen LogP contribution >= 0.6 is 15.9 Å². The molecule has 82 valence electrons. The highest BCUT2D eigenvalue weighted by molar-refractivity contribution is 9.10. The Morgan fingerprint density at radius 3 is 3.07 bits per heavy atom. The standard InChI is InChI=1S/C12H17BrN2/c1-15-11(3-2-6-14)8-9-7-10(13)4-5-12(9)15/h4-5,7,11H,2-3,6,8,14H2,1H3. The van der Waals surface area contributed by atoms with E-state index in [1.165, 1.54) is 22.1 Å². The van der Waals surface area contributed by atoms with Gasteiger partial charge >= 0.3 is 0 Å². The van der Waals surface area contributed by atoms with Crippen LogP contribution in [0.3, 0.4) is 0 Å². The molecule has 0 spiro atoms. The minimum absolute atomic E-state index is 0.637. The third-order valence-corrected chi connectivity index (χ3v) is 3.66. The van der Waals surface area contributed by atoms with E-state index < -0.39 is 0 Å². The number of nitrogens with zero attached hydrogens (tertiary/aromatic N) is 1. The topological polar surface area (TPSA) is 29.3 Å². The van der Waals surface area contributed by atoms with E-state index in [4.69, 9.17) is 5.73 Å². The van der Waals surface area contributed by atoms with Gasteiger partial charge in [0.1, 0.15) is 0 Å². The lowest BCUT2D eigenvalue weighted by molar-refractivity contribution is 0.584. The van der Waals surface area contributed by atoms with Gasteiger partial charge in [0.15, 0.2) is 0 Å². The first-order valence-corrected chi connectivity index (χ1v) is 6.23. The molecule has 1 aliphatic rings. The first-order chi connectivity index (χ1) is 7.22. The number of nitrogens with two attached hydrogens (primary N) is 1. The van der Waals surface area contributed by atoms with Crippen LogP contribution in [0.15, 0.2) is 22.7 Å². The normalized spacial score (nSPS) is 19.4. The monoisotopic (exact) mass is 268 g/mol. The SMILES string of the molecule is CN1c2ccc(Br)cc2CC1CCCN. The Morgan fingerprint density at radius 2 is 2.33 bits per heavy atom. The van der Waals surface area contributed by atoms with Gasteiger partial charge in [0, 0.05) is 23.2 Å². The van der Waals surface area contributed by atoms with Gasteiger partial charge in [-0.05, 0) is 49.6 Å². The molecule has 0 bridgehead atoms. The molecule has 0 amide bonds. The number of anilines is 1. The second-order valence-electron chi connectivity index (χ2n) is 4.17. The fourth-order valence-corrected chi connectivity index (χ4v) is 2.71. The van der Waals surface area contributed by atoms with Crippen molar-refractivity contribution in [2.24, 2.45) is 5.73 Å². The average molecular weight is 269 g/mol. The second kappa shape index (κ2) is 4.54. The number of fused-ring (bicyclic) bond motifs is 1. The fourth-order valence-electron chi connectivity index (χ4n) is 2.30. The van der Waals surface area contributed by atoms with E-state index in [1.807, 2.05) is 0 Å². The van der Waals surface area contributed by atoms with E-state index in [0.29, 0.717) is 6.04 Å². The van der Waals surface area contributed by atoms with Crippen molar-refractivity contribution < 1.29 is 0 Å². The predicted octanol–water partition coefficient (Wildman–Crippen LogP) is 2.55. The summed E-state index contributed by atoms with van der Waals surface area (Å²) < 4.78 is 1.18. The predicted molar refractivity (Wildman–Crippen MR) is 68.3 cm³/mol. The Balaban J connectivity index is 2.14. The molecule has 1 heterocycles. The van der Waals surface area contributed by atoms with Crippen molar-refractivity contribution in [1.82, 2.24) is 0 Å². The Hall–Kier alpha value is -0.540. The largest absolute Gasteiger partial charge is 0.371 e. The Kier molecular flexibility index (Phi) is 3.32. The van der Waals surface area contributed by atoms with Crippen molar-refractivity contribution in [3.63, 3.8) is 0 Å². The molecule has 1 unspecified atom stereocenters. The maximum atomic E-state index is 5.56. The van der Waals surface area contributed by atoms with Crippen molar-refractivity contribution in [3.8, 4) is 0 Å². The zero-order valence-electron chi connectivity index (χ0n) is 9.04. The maximum absolute atomic E-state index is 5.56. The van der Waals surface area contributed by atoms with Crippen LogP contribution in [0.4, 0.5) is 5.69 Å². The van der Waals surface area contributed by atoms with Crippen LogP contribution in [-0.2, 0) is 6.42 Å². The van der Waals surface area contributed by atoms with E-state index in [9.17, 15) is 0 Å². The molecule has 0 fully saturated rings. The molecule has 0 aromatic heterocycles. The molecule has 15 heavy (non-hydrogen) atoms. The van der Waals surface area contributed by atoms with Crippen LogP contribution in [0.2, 0.25) is 0 Å². The van der Waals surface area contributed by atoms with Gasteiger partial charge in [-0.3, -0.25) is 0 Å². The third kappa shape index (κ3) is 2.18. The van der Waals surface area contributed by atoms with Crippen LogP contribution in [0.25, 0.3) is 0 Å². The summed E-state index contributed by atoms with van der Waals surface area (Å²) in [5.74, 6) is 0. The number of halogens is 1. The molecule has 1 aromatic carbocycles. The number of hydrogen-bond acceptors (Lipinski definition) is 2. The average Bonchev–Trinajstić information content (AvgIpc) is 2.52. The lowest BCUT2D eigenvalue weighted by Gasteiger charge is -2.22. The van der Waals surface area contributed by atoms with Gasteiger partial charge in [0.2, 0.25) is 0 Å². The van der Waals surface area contributed by atoms with Gasteiger partial charge in [-0.2, -0.15) is 0 Å². The summed E-state index contributed by atoms with van der Waals surface area (Å²) in [4.78, 5) is 2.39. The Morgan fingerprint density at radius 1 is 1.53 bits per heavy atom. The quantitative estimate of drug-likeness (QED) is 0.913. The Bertz CT molecular complexity index is 351. The first kappa shape index (κ1) is 11.0. The maximum Gasteiger partial charge on any atom is 0.0400 e. The molecule has 3 heteroatoms. The second-order valence-corrected chi connectivity index (χ2v) is 5.09. The summed E-state index contributed by atoms with van der Waals surface area (Å²) in [5.41, 5.74) is 8.38. The Labute approximate surface area is 99.6 Å². The van der Waals surface area contributed by atoms with Crippen LogP contribution in [-0.4, -0.2) is 19.6 Å². The molecule has 1 atom stereocenters. The molecular weight excluding hydrogens is 252 g/mol. The lowest BCUT2D eigenvalue weighted by atomic mass is 10.1. The minimum Gasteiger partial charge on any atom is -0.371 e. The zero-order chi connectivity index (χ0) is 10.8. The van der Waals surface area contributed by atoms with E-state index in [2.05, 4.69) is 46.1 Å². The minimum atomic E-state index is 0.637. The molecule has 0 saturated heterocycles. The van der Waals surface area contributed by atoms with Gasteiger partial charge in [0.25, 0.3) is 0 Å². The summed E-state index contributed by atoms with van der Waals surface area (Å²) >= 11 is 3.52. The van der Waals surface area contributed by atoms with Crippen LogP contribution in [0, 0.1) is 0 Å². The van der Waals surface area contributed by atoms with Crippen LogP contribution < -0.4 is 10.6 Å². The van der Waals surface area contributed by atoms with E-state index in [-0.39, 0.29) is 0 Å². The van der Waals surface area contributed by atoms with Crippen molar-refractivity contribution in [1.29, 1.82) is 0 Å². The van der Waals surface area contributed by atoms with E-state index in [1.54, 1.807) is 0 Å². The van der Waals surface area contributed by atoms with E-state index in [0.717, 1.165) is 19.4 Å². The van der Waals surface area contributed by atoms with Gasteiger partial charge in [-0.15, -0.1) is 0 Å². The summed E-state index contributed by atoms with van der Waals surface area (Å²) in [6, 6.07) is 7.18. The van der Waals surface area contributed by atoms with Crippen molar-refractivity contribution >= 4 is 21.6 Å². The molecule has 2 N–H and O–H groups in total. The van der Waals surface area contributed by atoms with Crippen LogP contribution in [0.1, 0.15) is 18.4 Å². The summed E-state index contributed by atoms with van der Waals surface area (Å²) in [6.45, 7) is 0.796. The summed E-state index contributed by atoms with van der Waals surface area (Å²) in [7, 11) is 2.18. The van der Waals surface area contributed by atoms with Crippen molar-refractivity contribution in [3.05, 3.63) is 28.2 Å². The van der Waals surface area contributed by atoms with E-state index >= 15 is 0 Å². The van der Waals surface area contributed by atoms with Crippen LogP contribution in [0.5, 0.6) is 0 Å². The first-order valence-electron chi connectivity index (χ1n) is 5.43. The molecule has 2 rings (SSSR count). The number of hydrogen-bond donors (Lipinski definition) is 1. The highest BCUT2D eigenvalue weighted by Crippen LogP contribution is 2.34. The highest BCUT2D eigenvalue weighted by Gasteiger charge is 2.25. The number of rotatable bonds is 3. The van der Waals surface area contributed by atoms with Gasteiger partial charge < -0.3 is 10.6 Å². The molecular formula is C12H17BrN2. The summed E-state index contributed by atoms with van der Waals surface area (Å²) in [5, 5.41) is 0. The molecule has 1 aromatic rings. The fraction of sp³-hybridized carbons (Fsp3) is 0.500. The van der Waals surface area contributed by atoms with Crippen molar-refractivity contribution in [2.45, 2.75) is 25.3 Å². The molecule has 0 saturated carbocycles. The van der Waals surface area contributed by atoms with Crippen molar-refractivity contribution in [2.75, 3.05) is 18.5 Å². The number of likely N-dealkylation sites (N-methyl/N-ethyl adjacent to an activating group) is 1. The molecule has 1 aliphatic heterocycles. The highest BCUT2D eigenvalue weighted by atomic mass is 79.9. The van der Waals surface area contributed by atoms with Gasteiger partial charge in [0.05, 0.1) is 0 Å². The van der Waals surface area contributed by atoms with Gasteiger partial charge in [-0.25, -0.2) is 0 Å². The zero-order valence-corrected chi connectivity index (χ0v) is 10.6. The van der Waals surface area contributed by atoms with Gasteiger partial charge in [-0.1, -0.05) is 15.9 Å². The number of benzene rings is 1. The summed E-state index contributed by atoms with van der Waals surface area (Å²) in [6.07, 6.45) is 3.47. The molecule has 2 nitrogen and oxygen atoms in total. The molecule has 0 aliphatic carbocycles. The smallest absolute Gasteiger partial charge is 0.0400 e. The lowest BCUT2D eigenvalue weighted by Crippen LogP contribution is -2.28.